The summed E-state index contributed by atoms with van der Waals surface area (Å²) in [6, 6.07) is 14.7. The first-order chi connectivity index (χ1) is 10.2. The molecule has 1 unspecified atom stereocenters. The summed E-state index contributed by atoms with van der Waals surface area (Å²) in [6.45, 7) is 0.424. The topological polar surface area (TPSA) is 50.1 Å². The molecule has 0 N–H and O–H groups in total. The van der Waals surface area contributed by atoms with Crippen LogP contribution in [0.2, 0.25) is 0 Å². The summed E-state index contributed by atoms with van der Waals surface area (Å²) in [7, 11) is -1.22. The molecule has 0 heterocycles. The zero-order valence-electron chi connectivity index (χ0n) is 11.3. The van der Waals surface area contributed by atoms with E-state index < -0.39 is 10.8 Å². The van der Waals surface area contributed by atoms with Crippen LogP contribution in [0.25, 0.3) is 0 Å². The van der Waals surface area contributed by atoms with E-state index in [0.717, 1.165) is 0 Å². The van der Waals surface area contributed by atoms with Crippen LogP contribution >= 0.6 is 0 Å². The van der Waals surface area contributed by atoms with Crippen LogP contribution in [0.1, 0.15) is 12.0 Å². The van der Waals surface area contributed by atoms with E-state index in [2.05, 4.69) is 0 Å². The molecule has 0 saturated carbocycles. The van der Waals surface area contributed by atoms with Crippen LogP contribution in [0.3, 0.4) is 0 Å². The third-order valence-electron chi connectivity index (χ3n) is 2.79. The van der Waals surface area contributed by atoms with Gasteiger partial charge < -0.3 is 4.74 Å². The van der Waals surface area contributed by atoms with Gasteiger partial charge in [-0.15, -0.1) is 0 Å². The monoisotopic (exact) mass is 303 g/mol. The quantitative estimate of drug-likeness (QED) is 0.770. The van der Waals surface area contributed by atoms with E-state index in [4.69, 9.17) is 10.00 Å². The van der Waals surface area contributed by atoms with E-state index in [1.165, 1.54) is 12.1 Å². The van der Waals surface area contributed by atoms with Gasteiger partial charge in [0.2, 0.25) is 0 Å². The van der Waals surface area contributed by atoms with Gasteiger partial charge in [-0.2, -0.15) is 5.26 Å². The summed E-state index contributed by atoms with van der Waals surface area (Å²) in [5, 5.41) is 8.68. The van der Waals surface area contributed by atoms with Gasteiger partial charge in [0.1, 0.15) is 11.6 Å². The van der Waals surface area contributed by atoms with Crippen molar-refractivity contribution in [2.45, 2.75) is 11.3 Å². The molecule has 0 bridgehead atoms. The van der Waals surface area contributed by atoms with Crippen LogP contribution in [-0.4, -0.2) is 16.6 Å². The Hall–Kier alpha value is -2.19. The molecule has 0 aromatic heterocycles. The Morgan fingerprint density at radius 2 is 1.95 bits per heavy atom. The number of ether oxygens (including phenoxy) is 1. The molecule has 2 aromatic carbocycles. The number of nitrogens with zero attached hydrogens (tertiary/aromatic N) is 1. The van der Waals surface area contributed by atoms with Crippen molar-refractivity contribution in [3.05, 3.63) is 59.9 Å². The first-order valence-corrected chi connectivity index (χ1v) is 7.78. The van der Waals surface area contributed by atoms with Gasteiger partial charge in [-0.25, -0.2) is 4.39 Å². The summed E-state index contributed by atoms with van der Waals surface area (Å²) in [5.41, 5.74) is 0.578. The standard InChI is InChI=1S/C16H14FNO2S/c17-14-3-1-4-16(11-14)21(19)10-2-9-20-15-7-5-13(12-18)6-8-15/h1,3-8,11H,2,9-10H2. The molecule has 0 saturated heterocycles. The minimum Gasteiger partial charge on any atom is -0.494 e. The van der Waals surface area contributed by atoms with E-state index in [0.29, 0.717) is 35.0 Å². The third kappa shape index (κ3) is 4.69. The normalized spacial score (nSPS) is 11.6. The molecule has 1 atom stereocenters. The number of halogens is 1. The Labute approximate surface area is 125 Å². The van der Waals surface area contributed by atoms with Gasteiger partial charge in [0, 0.05) is 10.6 Å². The lowest BCUT2D eigenvalue weighted by molar-refractivity contribution is 0.318. The number of rotatable bonds is 6. The molecule has 0 fully saturated rings. The minimum atomic E-state index is -1.22. The highest BCUT2D eigenvalue weighted by atomic mass is 32.2. The fraction of sp³-hybridized carbons (Fsp3) is 0.188. The van der Waals surface area contributed by atoms with Crippen molar-refractivity contribution in [3.8, 4) is 11.8 Å². The Bertz CT molecular complexity index is 665. The van der Waals surface area contributed by atoms with Crippen molar-refractivity contribution in [2.24, 2.45) is 0 Å². The highest BCUT2D eigenvalue weighted by Crippen LogP contribution is 2.13. The molecule has 5 heteroatoms. The average Bonchev–Trinajstić information content (AvgIpc) is 2.52. The second-order valence-corrected chi connectivity index (χ2v) is 5.92. The van der Waals surface area contributed by atoms with Gasteiger partial charge in [-0.05, 0) is 48.9 Å². The largest absolute Gasteiger partial charge is 0.494 e. The van der Waals surface area contributed by atoms with Crippen molar-refractivity contribution in [1.29, 1.82) is 5.26 Å². The Morgan fingerprint density at radius 1 is 1.19 bits per heavy atom. The molecule has 108 valence electrons. The highest BCUT2D eigenvalue weighted by molar-refractivity contribution is 7.85. The van der Waals surface area contributed by atoms with E-state index in [-0.39, 0.29) is 5.82 Å². The number of hydrogen-bond acceptors (Lipinski definition) is 3. The SMILES string of the molecule is N#Cc1ccc(OCCCS(=O)c2cccc(F)c2)cc1. The lowest BCUT2D eigenvalue weighted by atomic mass is 10.2. The predicted molar refractivity (Wildman–Crippen MR) is 78.9 cm³/mol. The summed E-state index contributed by atoms with van der Waals surface area (Å²) in [6.07, 6.45) is 0.600. The smallest absolute Gasteiger partial charge is 0.124 e. The van der Waals surface area contributed by atoms with Crippen LogP contribution in [0, 0.1) is 17.1 Å². The molecule has 3 nitrogen and oxygen atoms in total. The van der Waals surface area contributed by atoms with Crippen molar-refractivity contribution >= 4 is 10.8 Å². The fourth-order valence-corrected chi connectivity index (χ4v) is 2.82. The summed E-state index contributed by atoms with van der Waals surface area (Å²) < 4.78 is 30.5. The summed E-state index contributed by atoms with van der Waals surface area (Å²) >= 11 is 0. The Kier molecular flexibility index (Phi) is 5.47. The van der Waals surface area contributed by atoms with Crippen LogP contribution in [0.4, 0.5) is 4.39 Å². The van der Waals surface area contributed by atoms with Gasteiger partial charge in [-0.1, -0.05) is 6.07 Å². The van der Waals surface area contributed by atoms with Crippen molar-refractivity contribution < 1.29 is 13.3 Å². The van der Waals surface area contributed by atoms with Crippen molar-refractivity contribution in [2.75, 3.05) is 12.4 Å². The second-order valence-electron chi connectivity index (χ2n) is 4.35. The molecule has 0 radical (unpaired) electrons. The van der Waals surface area contributed by atoms with Crippen LogP contribution < -0.4 is 4.74 Å². The Morgan fingerprint density at radius 3 is 2.62 bits per heavy atom. The van der Waals surface area contributed by atoms with E-state index in [1.54, 1.807) is 36.4 Å². The average molecular weight is 303 g/mol. The molecule has 0 aliphatic carbocycles. The van der Waals surface area contributed by atoms with Crippen LogP contribution in [0.5, 0.6) is 5.75 Å². The predicted octanol–water partition coefficient (Wildman–Crippen LogP) is 3.27. The molecule has 0 spiro atoms. The zero-order valence-corrected chi connectivity index (χ0v) is 12.1. The molecule has 0 aliphatic heterocycles. The fourth-order valence-electron chi connectivity index (χ4n) is 1.73. The highest BCUT2D eigenvalue weighted by Gasteiger charge is 2.05. The molecule has 2 aromatic rings. The second kappa shape index (κ2) is 7.55. The van der Waals surface area contributed by atoms with E-state index in [1.807, 2.05) is 6.07 Å². The minimum absolute atomic E-state index is 0.380. The lowest BCUT2D eigenvalue weighted by Gasteiger charge is -2.06. The van der Waals surface area contributed by atoms with Gasteiger partial charge >= 0.3 is 0 Å². The summed E-state index contributed by atoms with van der Waals surface area (Å²) in [4.78, 5) is 0.494. The van der Waals surface area contributed by atoms with Crippen LogP contribution in [0.15, 0.2) is 53.4 Å². The van der Waals surface area contributed by atoms with Crippen LogP contribution in [-0.2, 0) is 10.8 Å². The Balaban J connectivity index is 1.76. The van der Waals surface area contributed by atoms with E-state index >= 15 is 0 Å². The zero-order chi connectivity index (χ0) is 15.1. The molecule has 0 amide bonds. The van der Waals surface area contributed by atoms with Gasteiger partial charge in [-0.3, -0.25) is 4.21 Å². The molecule has 0 aliphatic rings. The van der Waals surface area contributed by atoms with Gasteiger partial charge in [0.05, 0.1) is 29.0 Å². The maximum atomic E-state index is 13.0. The maximum absolute atomic E-state index is 13.0. The maximum Gasteiger partial charge on any atom is 0.124 e. The number of hydrogen-bond donors (Lipinski definition) is 0. The lowest BCUT2D eigenvalue weighted by Crippen LogP contribution is -2.05. The molecule has 2 rings (SSSR count). The summed E-state index contributed by atoms with van der Waals surface area (Å²) in [5.74, 6) is 0.708. The van der Waals surface area contributed by atoms with E-state index in [9.17, 15) is 8.60 Å². The molecular weight excluding hydrogens is 289 g/mol. The molecule has 21 heavy (non-hydrogen) atoms. The first-order valence-electron chi connectivity index (χ1n) is 6.46. The first kappa shape index (κ1) is 15.2. The third-order valence-corrected chi connectivity index (χ3v) is 4.22. The van der Waals surface area contributed by atoms with Crippen molar-refractivity contribution in [1.82, 2.24) is 0 Å². The van der Waals surface area contributed by atoms with Gasteiger partial charge in [0.15, 0.2) is 0 Å². The molecular formula is C16H14FNO2S. The number of nitriles is 1. The number of benzene rings is 2. The van der Waals surface area contributed by atoms with Gasteiger partial charge in [0.25, 0.3) is 0 Å². The van der Waals surface area contributed by atoms with Crippen molar-refractivity contribution in [3.63, 3.8) is 0 Å².